The van der Waals surface area contributed by atoms with Gasteiger partial charge in [0, 0.05) is 6.54 Å². The van der Waals surface area contributed by atoms with Crippen molar-refractivity contribution < 1.29 is 24.5 Å². The van der Waals surface area contributed by atoms with E-state index < -0.39 is 24.1 Å². The van der Waals surface area contributed by atoms with Gasteiger partial charge in [0.15, 0.2) is 0 Å². The zero-order chi connectivity index (χ0) is 12.1. The summed E-state index contributed by atoms with van der Waals surface area (Å²) in [5, 5.41) is 20.0. The third kappa shape index (κ3) is 3.07. The highest BCUT2D eigenvalue weighted by Crippen LogP contribution is 2.06. The van der Waals surface area contributed by atoms with Gasteiger partial charge in [-0.25, -0.2) is 4.79 Å². The van der Waals surface area contributed by atoms with Crippen molar-refractivity contribution in [3.8, 4) is 0 Å². The van der Waals surface area contributed by atoms with Crippen LogP contribution in [-0.2, 0) is 9.53 Å². The molecule has 1 aliphatic rings. The molecule has 2 atom stereocenters. The van der Waals surface area contributed by atoms with Crippen molar-refractivity contribution in [3.05, 3.63) is 0 Å². The fraction of sp³-hybridized carbons (Fsp3) is 0.778. The number of aliphatic hydroxyl groups excluding tert-OH is 1. The zero-order valence-electron chi connectivity index (χ0n) is 9.05. The third-order valence-corrected chi connectivity index (χ3v) is 2.41. The lowest BCUT2D eigenvalue weighted by atomic mass is 10.2. The highest BCUT2D eigenvalue weighted by molar-refractivity contribution is 5.82. The van der Waals surface area contributed by atoms with Crippen LogP contribution in [0.25, 0.3) is 0 Å². The van der Waals surface area contributed by atoms with Crippen LogP contribution in [0.5, 0.6) is 0 Å². The van der Waals surface area contributed by atoms with Crippen molar-refractivity contribution in [2.45, 2.75) is 19.0 Å². The van der Waals surface area contributed by atoms with Crippen LogP contribution in [0.2, 0.25) is 0 Å². The molecule has 2 amide bonds. The largest absolute Gasteiger partial charge is 0.480 e. The molecule has 0 aromatic heterocycles. The van der Waals surface area contributed by atoms with E-state index in [9.17, 15) is 9.59 Å². The Balaban J connectivity index is 2.54. The average Bonchev–Trinajstić information content (AvgIpc) is 2.28. The molecular formula is C9H16N2O5. The van der Waals surface area contributed by atoms with Crippen molar-refractivity contribution in [1.29, 1.82) is 0 Å². The Hall–Kier alpha value is -1.34. The molecule has 0 spiro atoms. The van der Waals surface area contributed by atoms with Gasteiger partial charge in [0.05, 0.1) is 25.9 Å². The van der Waals surface area contributed by atoms with E-state index in [1.54, 1.807) is 0 Å². The first-order chi connectivity index (χ1) is 7.56. The van der Waals surface area contributed by atoms with Gasteiger partial charge < -0.3 is 25.2 Å². The number of nitrogens with zero attached hydrogens (tertiary/aromatic N) is 1. The smallest absolute Gasteiger partial charge is 0.325 e. The summed E-state index contributed by atoms with van der Waals surface area (Å²) in [6.45, 7) is 2.20. The zero-order valence-corrected chi connectivity index (χ0v) is 9.05. The van der Waals surface area contributed by atoms with Crippen molar-refractivity contribution in [3.63, 3.8) is 0 Å². The second-order valence-corrected chi connectivity index (χ2v) is 3.61. The molecule has 0 aromatic carbocycles. The molecular weight excluding hydrogens is 216 g/mol. The molecule has 16 heavy (non-hydrogen) atoms. The fourth-order valence-electron chi connectivity index (χ4n) is 1.40. The Morgan fingerprint density at radius 2 is 2.31 bits per heavy atom. The Kier molecular flexibility index (Phi) is 4.51. The highest BCUT2D eigenvalue weighted by atomic mass is 16.5. The Bertz CT molecular complexity index is 271. The van der Waals surface area contributed by atoms with E-state index in [0.29, 0.717) is 13.2 Å². The van der Waals surface area contributed by atoms with Gasteiger partial charge in [-0.3, -0.25) is 4.79 Å². The maximum absolute atomic E-state index is 11.7. The summed E-state index contributed by atoms with van der Waals surface area (Å²) in [5.74, 6) is -1.10. The number of urea groups is 1. The Morgan fingerprint density at radius 1 is 1.62 bits per heavy atom. The van der Waals surface area contributed by atoms with Crippen molar-refractivity contribution in [1.82, 2.24) is 10.2 Å². The van der Waals surface area contributed by atoms with E-state index in [1.807, 2.05) is 0 Å². The molecule has 0 saturated carbocycles. The summed E-state index contributed by atoms with van der Waals surface area (Å²) < 4.78 is 5.11. The van der Waals surface area contributed by atoms with Crippen LogP contribution in [0.3, 0.4) is 0 Å². The lowest BCUT2D eigenvalue weighted by Crippen LogP contribution is -2.56. The quantitative estimate of drug-likeness (QED) is 0.571. The van der Waals surface area contributed by atoms with E-state index in [0.717, 1.165) is 0 Å². The molecule has 3 N–H and O–H groups in total. The number of carbonyl (C=O) groups excluding carboxylic acids is 1. The van der Waals surface area contributed by atoms with Crippen molar-refractivity contribution >= 4 is 12.0 Å². The highest BCUT2D eigenvalue weighted by Gasteiger charge is 2.28. The number of carboxylic acids is 1. The topological polar surface area (TPSA) is 99.1 Å². The van der Waals surface area contributed by atoms with Gasteiger partial charge in [0.25, 0.3) is 0 Å². The van der Waals surface area contributed by atoms with Gasteiger partial charge in [0.2, 0.25) is 0 Å². The van der Waals surface area contributed by atoms with Gasteiger partial charge in [-0.1, -0.05) is 0 Å². The molecule has 92 valence electrons. The summed E-state index contributed by atoms with van der Waals surface area (Å²) in [4.78, 5) is 23.6. The molecule has 1 rings (SSSR count). The van der Waals surface area contributed by atoms with Crippen LogP contribution in [0, 0.1) is 0 Å². The van der Waals surface area contributed by atoms with Gasteiger partial charge in [-0.15, -0.1) is 0 Å². The number of morpholine rings is 1. The van der Waals surface area contributed by atoms with E-state index in [2.05, 4.69) is 5.32 Å². The maximum Gasteiger partial charge on any atom is 0.325 e. The van der Waals surface area contributed by atoms with Crippen LogP contribution in [-0.4, -0.2) is 65.6 Å². The molecule has 1 heterocycles. The molecule has 0 aromatic rings. The molecule has 7 heteroatoms. The summed E-state index contributed by atoms with van der Waals surface area (Å²) in [6, 6.07) is -1.85. The van der Waals surface area contributed by atoms with Gasteiger partial charge in [-0.05, 0) is 6.92 Å². The molecule has 1 aliphatic heterocycles. The van der Waals surface area contributed by atoms with E-state index >= 15 is 0 Å². The predicted octanol–water partition coefficient (Wildman–Crippen LogP) is -1.14. The average molecular weight is 232 g/mol. The second-order valence-electron chi connectivity index (χ2n) is 3.61. The number of aliphatic carboxylic acids is 1. The minimum atomic E-state index is -1.10. The van der Waals surface area contributed by atoms with Gasteiger partial charge >= 0.3 is 12.0 Å². The summed E-state index contributed by atoms with van der Waals surface area (Å²) in [7, 11) is 0. The van der Waals surface area contributed by atoms with Gasteiger partial charge in [0.1, 0.15) is 6.04 Å². The standard InChI is InChI=1S/C9H16N2O5/c1-6(8(13)14)10-9(15)11-2-3-16-5-7(11)4-12/h6-7,12H,2-5H2,1H3,(H,10,15)(H,13,14)/t6-,7?/m1/s1. The second kappa shape index (κ2) is 5.66. The number of aliphatic hydroxyl groups is 1. The number of hydrogen-bond acceptors (Lipinski definition) is 4. The summed E-state index contributed by atoms with van der Waals surface area (Å²) in [5.41, 5.74) is 0. The Morgan fingerprint density at radius 3 is 2.88 bits per heavy atom. The van der Waals surface area contributed by atoms with Gasteiger partial charge in [-0.2, -0.15) is 0 Å². The van der Waals surface area contributed by atoms with Crippen LogP contribution >= 0.6 is 0 Å². The molecule has 0 radical (unpaired) electrons. The third-order valence-electron chi connectivity index (χ3n) is 2.41. The first-order valence-corrected chi connectivity index (χ1v) is 5.04. The summed E-state index contributed by atoms with van der Waals surface area (Å²) in [6.07, 6.45) is 0. The molecule has 1 saturated heterocycles. The van der Waals surface area contributed by atoms with E-state index in [1.165, 1.54) is 11.8 Å². The van der Waals surface area contributed by atoms with Crippen LogP contribution in [0.15, 0.2) is 0 Å². The Labute approximate surface area is 93.0 Å². The van der Waals surface area contributed by atoms with Crippen LogP contribution in [0.1, 0.15) is 6.92 Å². The lowest BCUT2D eigenvalue weighted by Gasteiger charge is -2.34. The number of nitrogens with one attached hydrogen (secondary N) is 1. The lowest BCUT2D eigenvalue weighted by molar-refractivity contribution is -0.138. The van der Waals surface area contributed by atoms with Crippen molar-refractivity contribution in [2.24, 2.45) is 0 Å². The molecule has 1 unspecified atom stereocenters. The fourth-order valence-corrected chi connectivity index (χ4v) is 1.40. The van der Waals surface area contributed by atoms with E-state index in [-0.39, 0.29) is 13.2 Å². The first-order valence-electron chi connectivity index (χ1n) is 5.04. The van der Waals surface area contributed by atoms with E-state index in [4.69, 9.17) is 14.9 Å². The number of amides is 2. The molecule has 0 bridgehead atoms. The normalized spacial score (nSPS) is 22.6. The molecule has 0 aliphatic carbocycles. The number of rotatable bonds is 3. The van der Waals surface area contributed by atoms with Crippen LogP contribution < -0.4 is 5.32 Å². The minimum absolute atomic E-state index is 0.200. The van der Waals surface area contributed by atoms with Crippen molar-refractivity contribution in [2.75, 3.05) is 26.4 Å². The summed E-state index contributed by atoms with van der Waals surface area (Å²) >= 11 is 0. The van der Waals surface area contributed by atoms with Crippen LogP contribution in [0.4, 0.5) is 4.79 Å². The molecule has 1 fully saturated rings. The molecule has 7 nitrogen and oxygen atoms in total. The SMILES string of the molecule is C[C@@H](NC(=O)N1CCOCC1CO)C(=O)O. The maximum atomic E-state index is 11.7. The number of ether oxygens (including phenoxy) is 1. The predicted molar refractivity (Wildman–Crippen MR) is 54.0 cm³/mol. The number of hydrogen-bond donors (Lipinski definition) is 3. The first kappa shape index (κ1) is 12.7. The number of carbonyl (C=O) groups is 2. The minimum Gasteiger partial charge on any atom is -0.480 e. The number of carboxylic acid groups (broad SMARTS) is 1. The monoisotopic (exact) mass is 232 g/mol.